The van der Waals surface area contributed by atoms with Gasteiger partial charge in [0.2, 0.25) is 0 Å². The zero-order chi connectivity index (χ0) is 8.39. The molecule has 2 heterocycles. The van der Waals surface area contributed by atoms with E-state index in [9.17, 15) is 0 Å². The molecule has 0 saturated carbocycles. The van der Waals surface area contributed by atoms with Crippen molar-refractivity contribution in [3.63, 3.8) is 0 Å². The van der Waals surface area contributed by atoms with Crippen LogP contribution in [0.2, 0.25) is 0 Å². The second-order valence-corrected chi connectivity index (χ2v) is 3.03. The highest BCUT2D eigenvalue weighted by atomic mass is 32.1. The molecule has 58 valence electrons. The number of rotatable bonds is 1. The van der Waals surface area contributed by atoms with Gasteiger partial charge in [0.05, 0.1) is 11.8 Å². The third-order valence-electron chi connectivity index (χ3n) is 1.57. The Morgan fingerprint density at radius 2 is 2.33 bits per heavy atom. The molecule has 2 rings (SSSR count). The molecule has 0 atom stereocenters. The lowest BCUT2D eigenvalue weighted by Crippen LogP contribution is -1.72. The number of hydrogen-bond donors (Lipinski definition) is 0. The SMILES string of the molecule is N#Cc1cscc1-c1ccco1. The van der Waals surface area contributed by atoms with Crippen molar-refractivity contribution < 1.29 is 4.42 Å². The van der Waals surface area contributed by atoms with Crippen molar-refractivity contribution in [3.05, 3.63) is 34.7 Å². The van der Waals surface area contributed by atoms with Gasteiger partial charge in [-0.2, -0.15) is 16.6 Å². The normalized spacial score (nSPS) is 9.58. The number of furan rings is 1. The highest BCUT2D eigenvalue weighted by Crippen LogP contribution is 2.26. The average molecular weight is 175 g/mol. The van der Waals surface area contributed by atoms with E-state index in [1.54, 1.807) is 6.26 Å². The quantitative estimate of drug-likeness (QED) is 0.668. The summed E-state index contributed by atoms with van der Waals surface area (Å²) in [6, 6.07) is 5.78. The van der Waals surface area contributed by atoms with Gasteiger partial charge in [0.15, 0.2) is 0 Å². The summed E-state index contributed by atoms with van der Waals surface area (Å²) in [6.45, 7) is 0. The van der Waals surface area contributed by atoms with Crippen LogP contribution in [-0.4, -0.2) is 0 Å². The summed E-state index contributed by atoms with van der Waals surface area (Å²) < 4.78 is 5.18. The standard InChI is InChI=1S/C9H5NOS/c10-4-7-5-12-6-8(7)9-2-1-3-11-9/h1-3,5-6H. The molecule has 0 radical (unpaired) electrons. The molecule has 0 aliphatic heterocycles. The molecule has 12 heavy (non-hydrogen) atoms. The molecule has 0 unspecified atom stereocenters. The zero-order valence-electron chi connectivity index (χ0n) is 6.15. The summed E-state index contributed by atoms with van der Waals surface area (Å²) in [5.74, 6) is 0.757. The lowest BCUT2D eigenvalue weighted by molar-refractivity contribution is 0.582. The summed E-state index contributed by atoms with van der Waals surface area (Å²) in [5, 5.41) is 12.5. The number of nitriles is 1. The zero-order valence-corrected chi connectivity index (χ0v) is 6.97. The first-order valence-corrected chi connectivity index (χ1v) is 4.36. The molecule has 0 amide bonds. The smallest absolute Gasteiger partial charge is 0.136 e. The van der Waals surface area contributed by atoms with Gasteiger partial charge in [-0.1, -0.05) is 0 Å². The molecule has 0 fully saturated rings. The van der Waals surface area contributed by atoms with E-state index in [1.165, 1.54) is 11.3 Å². The molecule has 0 spiro atoms. The molecule has 2 aromatic rings. The molecule has 0 aromatic carbocycles. The van der Waals surface area contributed by atoms with Crippen molar-refractivity contribution in [2.75, 3.05) is 0 Å². The summed E-state index contributed by atoms with van der Waals surface area (Å²) in [7, 11) is 0. The van der Waals surface area contributed by atoms with Crippen molar-refractivity contribution >= 4 is 11.3 Å². The Morgan fingerprint density at radius 3 is 3.00 bits per heavy atom. The van der Waals surface area contributed by atoms with Gasteiger partial charge in [-0.05, 0) is 12.1 Å². The van der Waals surface area contributed by atoms with E-state index in [1.807, 2.05) is 22.9 Å². The van der Waals surface area contributed by atoms with Crippen molar-refractivity contribution in [2.24, 2.45) is 0 Å². The summed E-state index contributed by atoms with van der Waals surface area (Å²) in [6.07, 6.45) is 1.61. The maximum atomic E-state index is 8.72. The van der Waals surface area contributed by atoms with E-state index in [4.69, 9.17) is 9.68 Å². The number of hydrogen-bond acceptors (Lipinski definition) is 3. The van der Waals surface area contributed by atoms with Crippen LogP contribution in [-0.2, 0) is 0 Å². The first-order chi connectivity index (χ1) is 5.92. The maximum absolute atomic E-state index is 8.72. The first-order valence-electron chi connectivity index (χ1n) is 3.42. The monoisotopic (exact) mass is 175 g/mol. The fourth-order valence-electron chi connectivity index (χ4n) is 1.01. The van der Waals surface area contributed by atoms with Crippen LogP contribution >= 0.6 is 11.3 Å². The van der Waals surface area contributed by atoms with Crippen LogP contribution in [0.1, 0.15) is 5.56 Å². The summed E-state index contributed by atoms with van der Waals surface area (Å²) >= 11 is 1.51. The lowest BCUT2D eigenvalue weighted by atomic mass is 10.2. The largest absolute Gasteiger partial charge is 0.464 e. The predicted octanol–water partition coefficient (Wildman–Crippen LogP) is 2.88. The van der Waals surface area contributed by atoms with Crippen LogP contribution in [0.15, 0.2) is 33.6 Å². The fraction of sp³-hybridized carbons (Fsp3) is 0. The maximum Gasteiger partial charge on any atom is 0.136 e. The van der Waals surface area contributed by atoms with Crippen molar-refractivity contribution in [2.45, 2.75) is 0 Å². The van der Waals surface area contributed by atoms with E-state index < -0.39 is 0 Å². The molecule has 0 aliphatic rings. The van der Waals surface area contributed by atoms with E-state index in [0.717, 1.165) is 11.3 Å². The topological polar surface area (TPSA) is 36.9 Å². The average Bonchev–Trinajstić information content (AvgIpc) is 2.74. The van der Waals surface area contributed by atoms with E-state index in [2.05, 4.69) is 6.07 Å². The van der Waals surface area contributed by atoms with Gasteiger partial charge < -0.3 is 4.42 Å². The van der Waals surface area contributed by atoms with E-state index in [-0.39, 0.29) is 0 Å². The molecule has 0 N–H and O–H groups in total. The van der Waals surface area contributed by atoms with Crippen LogP contribution in [0, 0.1) is 11.3 Å². The molecule has 0 saturated heterocycles. The summed E-state index contributed by atoms with van der Waals surface area (Å²) in [4.78, 5) is 0. The third-order valence-corrected chi connectivity index (χ3v) is 2.31. The van der Waals surface area contributed by atoms with Gasteiger partial charge in [-0.3, -0.25) is 0 Å². The van der Waals surface area contributed by atoms with Gasteiger partial charge in [0.25, 0.3) is 0 Å². The van der Waals surface area contributed by atoms with Crippen LogP contribution in [0.25, 0.3) is 11.3 Å². The Labute approximate surface area is 73.7 Å². The number of thiophene rings is 1. The van der Waals surface area contributed by atoms with Gasteiger partial charge >= 0.3 is 0 Å². The minimum atomic E-state index is 0.676. The lowest BCUT2D eigenvalue weighted by Gasteiger charge is -1.89. The molecular weight excluding hydrogens is 170 g/mol. The minimum absolute atomic E-state index is 0.676. The van der Waals surface area contributed by atoms with Gasteiger partial charge in [0, 0.05) is 16.3 Å². The molecular formula is C9H5NOS. The van der Waals surface area contributed by atoms with Gasteiger partial charge in [0.1, 0.15) is 11.8 Å². The van der Waals surface area contributed by atoms with Crippen LogP contribution in [0.3, 0.4) is 0 Å². The Balaban J connectivity index is 2.55. The van der Waals surface area contributed by atoms with Crippen LogP contribution in [0.4, 0.5) is 0 Å². The fourth-order valence-corrected chi connectivity index (χ4v) is 1.77. The molecule has 0 bridgehead atoms. The third kappa shape index (κ3) is 1.03. The van der Waals surface area contributed by atoms with E-state index in [0.29, 0.717) is 5.56 Å². The van der Waals surface area contributed by atoms with E-state index >= 15 is 0 Å². The number of nitrogens with zero attached hydrogens (tertiary/aromatic N) is 1. The van der Waals surface area contributed by atoms with Crippen molar-refractivity contribution in [1.82, 2.24) is 0 Å². The molecule has 2 aromatic heterocycles. The molecule has 0 aliphatic carbocycles. The highest BCUT2D eigenvalue weighted by molar-refractivity contribution is 7.08. The molecule has 3 heteroatoms. The van der Waals surface area contributed by atoms with Crippen LogP contribution < -0.4 is 0 Å². The van der Waals surface area contributed by atoms with Gasteiger partial charge in [-0.25, -0.2) is 0 Å². The molecule has 2 nitrogen and oxygen atoms in total. The Bertz CT molecular complexity index is 408. The second-order valence-electron chi connectivity index (χ2n) is 2.29. The minimum Gasteiger partial charge on any atom is -0.464 e. The summed E-state index contributed by atoms with van der Waals surface area (Å²) in [5.41, 5.74) is 1.56. The van der Waals surface area contributed by atoms with Crippen molar-refractivity contribution in [1.29, 1.82) is 5.26 Å². The second kappa shape index (κ2) is 2.84. The van der Waals surface area contributed by atoms with Crippen LogP contribution in [0.5, 0.6) is 0 Å². The Morgan fingerprint density at radius 1 is 1.42 bits per heavy atom. The van der Waals surface area contributed by atoms with Crippen molar-refractivity contribution in [3.8, 4) is 17.4 Å². The predicted molar refractivity (Wildman–Crippen MR) is 46.7 cm³/mol. The van der Waals surface area contributed by atoms with Gasteiger partial charge in [-0.15, -0.1) is 0 Å². The first kappa shape index (κ1) is 7.14. The highest BCUT2D eigenvalue weighted by Gasteiger charge is 2.07. The Kier molecular flexibility index (Phi) is 1.69. The Hall–Kier alpha value is -1.53.